The van der Waals surface area contributed by atoms with Crippen LogP contribution in [0.15, 0.2) is 60.7 Å². The van der Waals surface area contributed by atoms with Crippen molar-refractivity contribution in [2.24, 2.45) is 17.4 Å². The molecule has 2 aliphatic rings. The minimum absolute atomic E-state index is 0.0164. The number of amides is 4. The van der Waals surface area contributed by atoms with Crippen molar-refractivity contribution in [1.82, 2.24) is 31.1 Å². The molecule has 2 fully saturated rings. The van der Waals surface area contributed by atoms with Crippen LogP contribution in [0.3, 0.4) is 0 Å². The molecule has 56 heavy (non-hydrogen) atoms. The first kappa shape index (κ1) is 43.9. The van der Waals surface area contributed by atoms with Gasteiger partial charge in [-0.05, 0) is 88.3 Å². The largest absolute Gasteiger partial charge is 0.370 e. The number of ketones is 1. The van der Waals surface area contributed by atoms with Crippen LogP contribution < -0.4 is 32.7 Å². The number of carbonyl (C=O) groups excluding carboxylic acids is 5. The van der Waals surface area contributed by atoms with Crippen molar-refractivity contribution in [3.05, 3.63) is 71.8 Å². The van der Waals surface area contributed by atoms with Crippen molar-refractivity contribution in [2.45, 2.75) is 121 Å². The van der Waals surface area contributed by atoms with Gasteiger partial charge in [0.1, 0.15) is 23.9 Å². The molecule has 0 aromatic heterocycles. The Morgan fingerprint density at radius 3 is 1.93 bits per heavy atom. The average Bonchev–Trinajstić information content (AvgIpc) is 3.68. The number of guanidine groups is 1. The zero-order valence-corrected chi connectivity index (χ0v) is 33.3. The highest BCUT2D eigenvalue weighted by molar-refractivity contribution is 5.95. The van der Waals surface area contributed by atoms with Gasteiger partial charge in [-0.3, -0.25) is 34.3 Å². The number of rotatable bonds is 20. The first-order valence-corrected chi connectivity index (χ1v) is 20.2. The molecule has 5 atom stereocenters. The van der Waals surface area contributed by atoms with Gasteiger partial charge in [0, 0.05) is 32.1 Å². The molecular weight excluding hydrogens is 711 g/mol. The van der Waals surface area contributed by atoms with Gasteiger partial charge in [0.15, 0.2) is 5.96 Å². The van der Waals surface area contributed by atoms with Crippen molar-refractivity contribution in [1.29, 1.82) is 5.41 Å². The van der Waals surface area contributed by atoms with Gasteiger partial charge in [0.25, 0.3) is 0 Å². The summed E-state index contributed by atoms with van der Waals surface area (Å²) in [5, 5.41) is 19.0. The molecule has 9 N–H and O–H groups in total. The van der Waals surface area contributed by atoms with E-state index in [1.165, 1.54) is 0 Å². The predicted molar refractivity (Wildman–Crippen MR) is 217 cm³/mol. The lowest BCUT2D eigenvalue weighted by Gasteiger charge is -2.40. The summed E-state index contributed by atoms with van der Waals surface area (Å²) in [4.78, 5) is 72.0. The molecule has 4 rings (SSSR count). The van der Waals surface area contributed by atoms with Crippen LogP contribution in [0.1, 0.15) is 83.3 Å². The number of nitrogens with two attached hydrogens (primary N) is 2. The number of piperidine rings is 1. The summed E-state index contributed by atoms with van der Waals surface area (Å²) in [6.07, 6.45) is 5.70. The van der Waals surface area contributed by atoms with Gasteiger partial charge >= 0.3 is 0 Å². The minimum Gasteiger partial charge on any atom is -0.370 e. The van der Waals surface area contributed by atoms with E-state index in [1.807, 2.05) is 74.5 Å². The minimum atomic E-state index is -1.01. The van der Waals surface area contributed by atoms with Crippen molar-refractivity contribution in [3.8, 4) is 0 Å². The van der Waals surface area contributed by atoms with E-state index in [0.29, 0.717) is 51.7 Å². The molecular formula is C42H63N9O5. The summed E-state index contributed by atoms with van der Waals surface area (Å²) in [7, 11) is 0. The third kappa shape index (κ3) is 13.7. The second kappa shape index (κ2) is 22.1. The van der Waals surface area contributed by atoms with Crippen molar-refractivity contribution < 1.29 is 24.0 Å². The fourth-order valence-corrected chi connectivity index (χ4v) is 7.80. The highest BCUT2D eigenvalue weighted by Crippen LogP contribution is 2.27. The van der Waals surface area contributed by atoms with E-state index >= 15 is 0 Å². The maximum Gasteiger partial charge on any atom is 0.245 e. The molecule has 0 saturated carbocycles. The Hall–Kier alpha value is -4.82. The molecule has 2 aromatic rings. The molecule has 2 saturated heterocycles. The topological polar surface area (TPSA) is 216 Å². The van der Waals surface area contributed by atoms with Crippen LogP contribution in [-0.4, -0.2) is 108 Å². The standard InChI is InChI=1S/C42H63N9O5/c1-28(2)25-35(49-40(55)36(27-31-15-8-5-9-16-31)48-38(53)33(43)26-30-13-6-4-7-14-30)39(54)47-34(17-10-11-21-46-42(44)45)41(56)50-23-19-32(20-24-50)51-22-12-18-37(51)29(3)52/h4-9,13-16,28,32-37H,10-12,17-27,43H2,1-3H3,(H,47,54)(H,48,53)(H,49,55)(H4,44,45,46)/t33-,34-,35-,36-,37+/m1/s1. The van der Waals surface area contributed by atoms with Crippen molar-refractivity contribution in [3.63, 3.8) is 0 Å². The molecule has 0 unspecified atom stereocenters. The quantitative estimate of drug-likeness (QED) is 0.0595. The number of unbranched alkanes of at least 4 members (excludes halogenated alkanes) is 1. The Bertz CT molecular complexity index is 1600. The normalized spacial score (nSPS) is 18.4. The Labute approximate surface area is 331 Å². The number of nitrogens with zero attached hydrogens (tertiary/aromatic N) is 2. The second-order valence-electron chi connectivity index (χ2n) is 15.7. The molecule has 2 aliphatic heterocycles. The molecule has 0 radical (unpaired) electrons. The van der Waals surface area contributed by atoms with Crippen molar-refractivity contribution >= 4 is 35.4 Å². The summed E-state index contributed by atoms with van der Waals surface area (Å²) in [5.41, 5.74) is 13.5. The Morgan fingerprint density at radius 1 is 0.768 bits per heavy atom. The zero-order chi connectivity index (χ0) is 40.6. The molecule has 0 bridgehead atoms. The number of likely N-dealkylation sites (tertiary alicyclic amines) is 2. The zero-order valence-electron chi connectivity index (χ0n) is 33.3. The fraction of sp³-hybridized carbons (Fsp3) is 0.571. The third-order valence-electron chi connectivity index (χ3n) is 10.7. The number of hydrogen-bond donors (Lipinski definition) is 7. The van der Waals surface area contributed by atoms with E-state index in [4.69, 9.17) is 16.9 Å². The molecule has 2 heterocycles. The van der Waals surface area contributed by atoms with E-state index in [2.05, 4.69) is 26.2 Å². The molecule has 4 amide bonds. The molecule has 14 nitrogen and oxygen atoms in total. The molecule has 14 heteroatoms. The number of Topliss-reactive ketones (excluding diaryl/α,β-unsaturated/α-hetero) is 1. The Morgan fingerprint density at radius 2 is 1.34 bits per heavy atom. The van der Waals surface area contributed by atoms with Crippen LogP contribution in [0.2, 0.25) is 0 Å². The van der Waals surface area contributed by atoms with E-state index in [-0.39, 0.29) is 42.1 Å². The first-order valence-electron chi connectivity index (χ1n) is 20.2. The molecule has 2 aromatic carbocycles. The molecule has 306 valence electrons. The number of nitrogens with one attached hydrogen (secondary N) is 5. The first-order chi connectivity index (χ1) is 26.8. The summed E-state index contributed by atoms with van der Waals surface area (Å²) in [6, 6.07) is 15.2. The maximum absolute atomic E-state index is 14.1. The SMILES string of the molecule is CC(=O)[C@@H]1CCCN1C1CCN(C(=O)[C@@H](CCCCNC(=N)N)NC(=O)[C@@H](CC(C)C)NC(=O)[C@@H](Cc2ccccc2)NC(=O)[C@H](N)Cc2ccccc2)CC1. The number of hydrogen-bond acceptors (Lipinski definition) is 8. The van der Waals surface area contributed by atoms with Crippen LogP contribution in [0, 0.1) is 11.3 Å². The second-order valence-corrected chi connectivity index (χ2v) is 15.7. The van der Waals surface area contributed by atoms with Gasteiger partial charge < -0.3 is 37.6 Å². The lowest BCUT2D eigenvalue weighted by molar-refractivity contribution is -0.139. The van der Waals surface area contributed by atoms with Crippen LogP contribution >= 0.6 is 0 Å². The van der Waals surface area contributed by atoms with Crippen LogP contribution in [-0.2, 0) is 36.8 Å². The summed E-state index contributed by atoms with van der Waals surface area (Å²) in [5.74, 6) is -1.60. The highest BCUT2D eigenvalue weighted by atomic mass is 16.2. The smallest absolute Gasteiger partial charge is 0.245 e. The van der Waals surface area contributed by atoms with Crippen molar-refractivity contribution in [2.75, 3.05) is 26.2 Å². The highest BCUT2D eigenvalue weighted by Gasteiger charge is 2.38. The maximum atomic E-state index is 14.1. The fourth-order valence-electron chi connectivity index (χ4n) is 7.80. The van der Waals surface area contributed by atoms with Crippen LogP contribution in [0.5, 0.6) is 0 Å². The van der Waals surface area contributed by atoms with Crippen LogP contribution in [0.4, 0.5) is 0 Å². The Kier molecular flexibility index (Phi) is 17.3. The summed E-state index contributed by atoms with van der Waals surface area (Å²) < 4.78 is 0. The van der Waals surface area contributed by atoms with Gasteiger partial charge in [0.05, 0.1) is 12.1 Å². The molecule has 0 aliphatic carbocycles. The molecule has 0 spiro atoms. The van der Waals surface area contributed by atoms with E-state index in [1.54, 1.807) is 11.8 Å². The number of benzene rings is 2. The number of carbonyl (C=O) groups is 5. The van der Waals surface area contributed by atoms with Gasteiger partial charge in [-0.2, -0.15) is 0 Å². The van der Waals surface area contributed by atoms with E-state index < -0.39 is 41.9 Å². The predicted octanol–water partition coefficient (Wildman–Crippen LogP) is 2.00. The summed E-state index contributed by atoms with van der Waals surface area (Å²) in [6.45, 7) is 7.92. The Balaban J connectivity index is 1.46. The van der Waals surface area contributed by atoms with Gasteiger partial charge in [0.2, 0.25) is 23.6 Å². The van der Waals surface area contributed by atoms with Gasteiger partial charge in [-0.25, -0.2) is 0 Å². The average molecular weight is 774 g/mol. The monoisotopic (exact) mass is 773 g/mol. The van der Waals surface area contributed by atoms with E-state index in [9.17, 15) is 24.0 Å². The van der Waals surface area contributed by atoms with Gasteiger partial charge in [-0.1, -0.05) is 74.5 Å². The van der Waals surface area contributed by atoms with Gasteiger partial charge in [-0.15, -0.1) is 0 Å². The lowest BCUT2D eigenvalue weighted by atomic mass is 9.98. The van der Waals surface area contributed by atoms with E-state index in [0.717, 1.165) is 43.4 Å². The summed E-state index contributed by atoms with van der Waals surface area (Å²) >= 11 is 0. The van der Waals surface area contributed by atoms with Crippen LogP contribution in [0.25, 0.3) is 0 Å². The lowest BCUT2D eigenvalue weighted by Crippen LogP contribution is -2.59. The third-order valence-corrected chi connectivity index (χ3v) is 10.7.